The van der Waals surface area contributed by atoms with Crippen molar-refractivity contribution < 1.29 is 4.79 Å². The summed E-state index contributed by atoms with van der Waals surface area (Å²) in [5.74, 6) is -0.768. The summed E-state index contributed by atoms with van der Waals surface area (Å²) in [6, 6.07) is 0. The van der Waals surface area contributed by atoms with Crippen molar-refractivity contribution in [3.05, 3.63) is 16.8 Å². The van der Waals surface area contributed by atoms with Gasteiger partial charge >= 0.3 is 0 Å². The van der Waals surface area contributed by atoms with Crippen LogP contribution in [-0.4, -0.2) is 16.1 Å². The largest absolute Gasteiger partial charge is 0.364 e. The second-order valence-corrected chi connectivity index (χ2v) is 1.57. The van der Waals surface area contributed by atoms with Crippen LogP contribution in [0.5, 0.6) is 0 Å². The van der Waals surface area contributed by atoms with E-state index in [1.54, 1.807) is 0 Å². The molecule has 0 aliphatic carbocycles. The van der Waals surface area contributed by atoms with Crippen LogP contribution in [0.15, 0.2) is 11.4 Å². The van der Waals surface area contributed by atoms with Crippen LogP contribution in [0, 0.1) is 4.91 Å². The number of nitrogens with one attached hydrogen (secondary N) is 1. The van der Waals surface area contributed by atoms with Crippen molar-refractivity contribution in [1.29, 1.82) is 0 Å². The van der Waals surface area contributed by atoms with Crippen molar-refractivity contribution >= 4 is 11.6 Å². The lowest BCUT2D eigenvalue weighted by molar-refractivity contribution is 0.0996. The molecule has 6 heteroatoms. The first-order valence-corrected chi connectivity index (χ1v) is 2.42. The summed E-state index contributed by atoms with van der Waals surface area (Å²) in [6.45, 7) is 0. The molecule has 52 valence electrons. The Labute approximate surface area is 55.4 Å². The van der Waals surface area contributed by atoms with E-state index in [1.807, 2.05) is 0 Å². The highest BCUT2D eigenvalue weighted by Gasteiger charge is 2.10. The van der Waals surface area contributed by atoms with Crippen LogP contribution in [0.1, 0.15) is 10.5 Å². The van der Waals surface area contributed by atoms with Gasteiger partial charge < -0.3 is 5.73 Å². The van der Waals surface area contributed by atoms with Crippen LogP contribution in [0.4, 0.5) is 5.69 Å². The second kappa shape index (κ2) is 2.26. The smallest absolute Gasteiger partial charge is 0.271 e. The van der Waals surface area contributed by atoms with Gasteiger partial charge in [-0.3, -0.25) is 9.89 Å². The highest BCUT2D eigenvalue weighted by atomic mass is 16.3. The average molecular weight is 140 g/mol. The van der Waals surface area contributed by atoms with Gasteiger partial charge in [0.05, 0.1) is 6.20 Å². The van der Waals surface area contributed by atoms with E-state index in [0.29, 0.717) is 0 Å². The number of nitrogens with two attached hydrogens (primary N) is 1. The van der Waals surface area contributed by atoms with Gasteiger partial charge in [-0.15, -0.1) is 4.91 Å². The molecule has 0 atom stereocenters. The first kappa shape index (κ1) is 6.40. The molecule has 1 rings (SSSR count). The first-order valence-electron chi connectivity index (χ1n) is 2.42. The number of hydrogen-bond donors (Lipinski definition) is 2. The van der Waals surface area contributed by atoms with Gasteiger partial charge in [0, 0.05) is 0 Å². The van der Waals surface area contributed by atoms with Crippen LogP contribution < -0.4 is 5.73 Å². The fourth-order valence-corrected chi connectivity index (χ4v) is 0.535. The topological polar surface area (TPSA) is 101 Å². The Bertz CT molecular complexity index is 266. The molecule has 0 bridgehead atoms. The molecule has 6 nitrogen and oxygen atoms in total. The molecular weight excluding hydrogens is 136 g/mol. The predicted molar refractivity (Wildman–Crippen MR) is 32.6 cm³/mol. The fourth-order valence-electron chi connectivity index (χ4n) is 0.535. The standard InChI is InChI=1S/C4H4N4O2/c5-4(9)3-2(8-10)1-6-7-3/h1H,(H2,5,9)(H,6,7). The number of nitrogens with zero attached hydrogens (tertiary/aromatic N) is 2. The number of nitroso groups, excluding NO2 is 1. The van der Waals surface area contributed by atoms with E-state index < -0.39 is 5.91 Å². The number of carbonyl (C=O) groups excluding carboxylic acids is 1. The van der Waals surface area contributed by atoms with Crippen LogP contribution in [-0.2, 0) is 0 Å². The number of primary amides is 1. The van der Waals surface area contributed by atoms with Crippen LogP contribution >= 0.6 is 0 Å². The zero-order valence-corrected chi connectivity index (χ0v) is 4.87. The van der Waals surface area contributed by atoms with E-state index >= 15 is 0 Å². The van der Waals surface area contributed by atoms with Crippen LogP contribution in [0.3, 0.4) is 0 Å². The molecule has 1 amide bonds. The molecule has 0 radical (unpaired) electrons. The van der Waals surface area contributed by atoms with E-state index in [9.17, 15) is 9.70 Å². The molecule has 1 heterocycles. The summed E-state index contributed by atoms with van der Waals surface area (Å²) in [5, 5.41) is 8.19. The Morgan fingerprint density at radius 2 is 2.50 bits per heavy atom. The molecule has 0 saturated carbocycles. The number of hydrogen-bond acceptors (Lipinski definition) is 4. The highest BCUT2D eigenvalue weighted by molar-refractivity contribution is 5.95. The SMILES string of the molecule is NC(=O)c1n[nH]cc1N=O. The first-order chi connectivity index (χ1) is 4.75. The second-order valence-electron chi connectivity index (χ2n) is 1.57. The van der Waals surface area contributed by atoms with Crippen LogP contribution in [0.2, 0.25) is 0 Å². The third-order valence-electron chi connectivity index (χ3n) is 0.952. The minimum Gasteiger partial charge on any atom is -0.364 e. The number of rotatable bonds is 2. The molecule has 1 aromatic heterocycles. The van der Waals surface area contributed by atoms with E-state index in [1.165, 1.54) is 6.20 Å². The molecule has 10 heavy (non-hydrogen) atoms. The summed E-state index contributed by atoms with van der Waals surface area (Å²) in [5.41, 5.74) is 4.62. The third kappa shape index (κ3) is 0.859. The predicted octanol–water partition coefficient (Wildman–Crippen LogP) is -0.0935. The molecule has 0 unspecified atom stereocenters. The van der Waals surface area contributed by atoms with Crippen molar-refractivity contribution in [2.45, 2.75) is 0 Å². The van der Waals surface area contributed by atoms with Gasteiger partial charge in [0.15, 0.2) is 11.4 Å². The summed E-state index contributed by atoms with van der Waals surface area (Å²) < 4.78 is 0. The molecule has 1 aromatic rings. The Kier molecular flexibility index (Phi) is 1.44. The van der Waals surface area contributed by atoms with Crippen molar-refractivity contribution in [3.63, 3.8) is 0 Å². The van der Waals surface area contributed by atoms with Gasteiger partial charge in [-0.1, -0.05) is 0 Å². The minimum absolute atomic E-state index is 0.0625. The number of H-pyrrole nitrogens is 1. The van der Waals surface area contributed by atoms with Gasteiger partial charge in [0.25, 0.3) is 5.91 Å². The molecule has 0 aliphatic heterocycles. The quantitative estimate of drug-likeness (QED) is 0.561. The lowest BCUT2D eigenvalue weighted by Crippen LogP contribution is -2.11. The average Bonchev–Trinajstić information content (AvgIpc) is 2.33. The number of aromatic nitrogens is 2. The van der Waals surface area contributed by atoms with Gasteiger partial charge in [-0.2, -0.15) is 5.10 Å². The molecule has 0 aliphatic rings. The molecule has 0 fully saturated rings. The third-order valence-corrected chi connectivity index (χ3v) is 0.952. The highest BCUT2D eigenvalue weighted by Crippen LogP contribution is 2.13. The van der Waals surface area contributed by atoms with Crippen molar-refractivity contribution in [2.24, 2.45) is 10.9 Å². The summed E-state index contributed by atoms with van der Waals surface area (Å²) >= 11 is 0. The molecular formula is C4H4N4O2. The zero-order valence-electron chi connectivity index (χ0n) is 4.87. The van der Waals surface area contributed by atoms with E-state index in [2.05, 4.69) is 15.4 Å². The number of amides is 1. The number of carbonyl (C=O) groups is 1. The number of aromatic amines is 1. The Morgan fingerprint density at radius 3 is 2.90 bits per heavy atom. The minimum atomic E-state index is -0.768. The summed E-state index contributed by atoms with van der Waals surface area (Å²) in [4.78, 5) is 20.3. The van der Waals surface area contributed by atoms with E-state index in [4.69, 9.17) is 5.73 Å². The lowest BCUT2D eigenvalue weighted by Gasteiger charge is -1.83. The van der Waals surface area contributed by atoms with Crippen molar-refractivity contribution in [2.75, 3.05) is 0 Å². The van der Waals surface area contributed by atoms with Gasteiger partial charge in [0.2, 0.25) is 0 Å². The van der Waals surface area contributed by atoms with Crippen LogP contribution in [0.25, 0.3) is 0 Å². The molecule has 3 N–H and O–H groups in total. The monoisotopic (exact) mass is 140 g/mol. The van der Waals surface area contributed by atoms with Gasteiger partial charge in [0.1, 0.15) is 0 Å². The summed E-state index contributed by atoms with van der Waals surface area (Å²) in [6.07, 6.45) is 1.20. The molecule has 0 aromatic carbocycles. The normalized spacial score (nSPS) is 9.20. The Hall–Kier alpha value is -1.72. The maximum atomic E-state index is 10.4. The van der Waals surface area contributed by atoms with Gasteiger partial charge in [-0.05, 0) is 5.18 Å². The maximum absolute atomic E-state index is 10.4. The van der Waals surface area contributed by atoms with E-state index in [-0.39, 0.29) is 11.4 Å². The lowest BCUT2D eigenvalue weighted by atomic mass is 10.4. The molecule has 0 saturated heterocycles. The van der Waals surface area contributed by atoms with Gasteiger partial charge in [-0.25, -0.2) is 0 Å². The zero-order chi connectivity index (χ0) is 7.56. The van der Waals surface area contributed by atoms with E-state index in [0.717, 1.165) is 0 Å². The Morgan fingerprint density at radius 1 is 1.80 bits per heavy atom. The summed E-state index contributed by atoms with van der Waals surface area (Å²) in [7, 11) is 0. The van der Waals surface area contributed by atoms with Crippen molar-refractivity contribution in [1.82, 2.24) is 10.2 Å². The fraction of sp³-hybridized carbons (Fsp3) is 0. The maximum Gasteiger partial charge on any atom is 0.271 e. The van der Waals surface area contributed by atoms with Crippen molar-refractivity contribution in [3.8, 4) is 0 Å². The molecule has 0 spiro atoms. The Balaban J connectivity index is 3.13.